The summed E-state index contributed by atoms with van der Waals surface area (Å²) in [6, 6.07) is 12.8. The Labute approximate surface area is 185 Å². The summed E-state index contributed by atoms with van der Waals surface area (Å²) in [7, 11) is 1.48. The van der Waals surface area contributed by atoms with Crippen LogP contribution < -0.4 is 10.1 Å². The molecule has 162 valence electrons. The van der Waals surface area contributed by atoms with Crippen molar-refractivity contribution in [1.82, 2.24) is 9.78 Å². The number of nitrogens with one attached hydrogen (secondary N) is 1. The number of carbonyl (C=O) groups is 2. The van der Waals surface area contributed by atoms with Crippen LogP contribution >= 0.6 is 11.6 Å². The van der Waals surface area contributed by atoms with Crippen LogP contribution in [0.4, 0.5) is 5.69 Å². The van der Waals surface area contributed by atoms with Gasteiger partial charge in [0.25, 0.3) is 5.91 Å². The van der Waals surface area contributed by atoms with E-state index in [9.17, 15) is 9.59 Å². The number of nitrogens with zero attached hydrogens (tertiary/aromatic N) is 2. The molecule has 1 amide bonds. The van der Waals surface area contributed by atoms with E-state index in [0.29, 0.717) is 33.4 Å². The number of aryl methyl sites for hydroxylation is 2. The van der Waals surface area contributed by atoms with Crippen molar-refractivity contribution < 1.29 is 19.1 Å². The SMILES string of the molecule is COc1cc(Cl)c(C)cc1NC(=O)C(C)OC(=O)c1c(C)nn(-c2ccccc2)c1C. The molecule has 1 heterocycles. The molecule has 7 nitrogen and oxygen atoms in total. The molecular formula is C23H24ClN3O4. The minimum atomic E-state index is -1.04. The van der Waals surface area contributed by atoms with Gasteiger partial charge < -0.3 is 14.8 Å². The lowest BCUT2D eigenvalue weighted by molar-refractivity contribution is -0.123. The van der Waals surface area contributed by atoms with Crippen molar-refractivity contribution in [2.45, 2.75) is 33.8 Å². The fourth-order valence-electron chi connectivity index (χ4n) is 3.20. The second-order valence-corrected chi connectivity index (χ2v) is 7.54. The quantitative estimate of drug-likeness (QED) is 0.563. The third kappa shape index (κ3) is 4.72. The highest BCUT2D eigenvalue weighted by Gasteiger charge is 2.25. The lowest BCUT2D eigenvalue weighted by atomic mass is 10.2. The first-order chi connectivity index (χ1) is 14.7. The number of anilines is 1. The average molecular weight is 442 g/mol. The Morgan fingerprint density at radius 2 is 1.81 bits per heavy atom. The lowest BCUT2D eigenvalue weighted by Crippen LogP contribution is -2.30. The normalized spacial score (nSPS) is 11.7. The van der Waals surface area contributed by atoms with Crippen molar-refractivity contribution >= 4 is 29.2 Å². The van der Waals surface area contributed by atoms with Gasteiger partial charge in [-0.1, -0.05) is 29.8 Å². The van der Waals surface area contributed by atoms with Gasteiger partial charge >= 0.3 is 5.97 Å². The van der Waals surface area contributed by atoms with Crippen LogP contribution in [0.2, 0.25) is 5.02 Å². The van der Waals surface area contributed by atoms with Crippen LogP contribution in [0.15, 0.2) is 42.5 Å². The molecule has 3 rings (SSSR count). The van der Waals surface area contributed by atoms with Gasteiger partial charge in [-0.05, 0) is 51.5 Å². The predicted octanol–water partition coefficient (Wildman–Crippen LogP) is 4.64. The van der Waals surface area contributed by atoms with Crippen LogP contribution in [-0.2, 0) is 9.53 Å². The minimum absolute atomic E-state index is 0.337. The van der Waals surface area contributed by atoms with E-state index in [-0.39, 0.29) is 0 Å². The largest absolute Gasteiger partial charge is 0.495 e. The molecule has 0 aliphatic rings. The number of benzene rings is 2. The molecule has 2 aromatic carbocycles. The van der Waals surface area contributed by atoms with Crippen molar-refractivity contribution in [3.63, 3.8) is 0 Å². The third-order valence-corrected chi connectivity index (χ3v) is 5.30. The molecule has 0 fully saturated rings. The zero-order valence-electron chi connectivity index (χ0n) is 18.0. The van der Waals surface area contributed by atoms with E-state index < -0.39 is 18.0 Å². The maximum Gasteiger partial charge on any atom is 0.342 e. The highest BCUT2D eigenvalue weighted by molar-refractivity contribution is 6.31. The van der Waals surface area contributed by atoms with Crippen LogP contribution in [-0.4, -0.2) is 34.9 Å². The van der Waals surface area contributed by atoms with Gasteiger partial charge in [0.05, 0.1) is 29.9 Å². The molecule has 1 aromatic heterocycles. The van der Waals surface area contributed by atoms with E-state index in [1.807, 2.05) is 37.3 Å². The molecule has 0 saturated carbocycles. The Bertz CT molecular complexity index is 1130. The van der Waals surface area contributed by atoms with E-state index in [4.69, 9.17) is 21.1 Å². The van der Waals surface area contributed by atoms with Gasteiger partial charge in [0.2, 0.25) is 0 Å². The van der Waals surface area contributed by atoms with Gasteiger partial charge in [0, 0.05) is 11.1 Å². The Kier molecular flexibility index (Phi) is 6.65. The third-order valence-electron chi connectivity index (χ3n) is 4.89. The van der Waals surface area contributed by atoms with Crippen molar-refractivity contribution in [2.75, 3.05) is 12.4 Å². The van der Waals surface area contributed by atoms with Crippen molar-refractivity contribution in [1.29, 1.82) is 0 Å². The second kappa shape index (κ2) is 9.22. The molecule has 0 radical (unpaired) electrons. The summed E-state index contributed by atoms with van der Waals surface area (Å²) in [5.41, 5.74) is 3.55. The summed E-state index contributed by atoms with van der Waals surface area (Å²) < 4.78 is 12.4. The topological polar surface area (TPSA) is 82.4 Å². The van der Waals surface area contributed by atoms with E-state index in [0.717, 1.165) is 11.3 Å². The molecule has 0 spiro atoms. The number of hydrogen-bond donors (Lipinski definition) is 1. The highest BCUT2D eigenvalue weighted by Crippen LogP contribution is 2.31. The number of rotatable bonds is 6. The van der Waals surface area contributed by atoms with Gasteiger partial charge in [-0.15, -0.1) is 0 Å². The number of methoxy groups -OCH3 is 1. The summed E-state index contributed by atoms with van der Waals surface area (Å²) in [5, 5.41) is 7.70. The highest BCUT2D eigenvalue weighted by atomic mass is 35.5. The first-order valence-corrected chi connectivity index (χ1v) is 10.1. The molecule has 0 aliphatic heterocycles. The summed E-state index contributed by atoms with van der Waals surface area (Å²) in [6.45, 7) is 6.84. The molecule has 31 heavy (non-hydrogen) atoms. The standard InChI is InChI=1S/C23H24ClN3O4/c1-13-11-19(20(30-5)12-18(13)24)25-22(28)16(4)31-23(29)21-14(2)26-27(15(21)3)17-9-7-6-8-10-17/h6-12,16H,1-5H3,(H,25,28). The molecule has 8 heteroatoms. The molecule has 3 aromatic rings. The smallest absolute Gasteiger partial charge is 0.342 e. The van der Waals surface area contributed by atoms with Crippen LogP contribution in [0.1, 0.15) is 34.2 Å². The van der Waals surface area contributed by atoms with Crippen LogP contribution in [0, 0.1) is 20.8 Å². The number of ether oxygens (including phenoxy) is 2. The summed E-state index contributed by atoms with van der Waals surface area (Å²) in [5.74, 6) is -0.684. The Morgan fingerprint density at radius 3 is 2.45 bits per heavy atom. The van der Waals surface area contributed by atoms with Gasteiger partial charge in [0.15, 0.2) is 6.10 Å². The molecule has 0 saturated heterocycles. The molecule has 1 atom stereocenters. The minimum Gasteiger partial charge on any atom is -0.495 e. The van der Waals surface area contributed by atoms with Gasteiger partial charge in [-0.3, -0.25) is 4.79 Å². The lowest BCUT2D eigenvalue weighted by Gasteiger charge is -2.16. The molecular weight excluding hydrogens is 418 g/mol. The number of amides is 1. The number of esters is 1. The Balaban J connectivity index is 1.76. The van der Waals surface area contributed by atoms with Crippen LogP contribution in [0.3, 0.4) is 0 Å². The van der Waals surface area contributed by atoms with Crippen molar-refractivity contribution in [2.24, 2.45) is 0 Å². The number of carbonyl (C=O) groups excluding carboxylic acids is 2. The number of aromatic nitrogens is 2. The number of para-hydroxylation sites is 1. The van der Waals surface area contributed by atoms with Crippen LogP contribution in [0.25, 0.3) is 5.69 Å². The number of halogens is 1. The van der Waals surface area contributed by atoms with Crippen LogP contribution in [0.5, 0.6) is 5.75 Å². The molecule has 0 aliphatic carbocycles. The first-order valence-electron chi connectivity index (χ1n) is 9.70. The van der Waals surface area contributed by atoms with E-state index in [1.165, 1.54) is 14.0 Å². The number of hydrogen-bond acceptors (Lipinski definition) is 5. The Hall–Kier alpha value is -3.32. The van der Waals surface area contributed by atoms with Gasteiger partial charge in [-0.25, -0.2) is 9.48 Å². The fourth-order valence-corrected chi connectivity index (χ4v) is 3.35. The van der Waals surface area contributed by atoms with E-state index in [2.05, 4.69) is 10.4 Å². The molecule has 0 bridgehead atoms. The average Bonchev–Trinajstić information content (AvgIpc) is 3.05. The second-order valence-electron chi connectivity index (χ2n) is 7.13. The maximum absolute atomic E-state index is 12.8. The predicted molar refractivity (Wildman–Crippen MR) is 119 cm³/mol. The summed E-state index contributed by atoms with van der Waals surface area (Å²) >= 11 is 6.11. The Morgan fingerprint density at radius 1 is 1.13 bits per heavy atom. The maximum atomic E-state index is 12.8. The first kappa shape index (κ1) is 22.4. The summed E-state index contributed by atoms with van der Waals surface area (Å²) in [4.78, 5) is 25.5. The van der Waals surface area contributed by atoms with Crippen molar-refractivity contribution in [3.8, 4) is 11.4 Å². The zero-order valence-corrected chi connectivity index (χ0v) is 18.8. The van der Waals surface area contributed by atoms with E-state index >= 15 is 0 Å². The molecule has 1 unspecified atom stereocenters. The molecule has 1 N–H and O–H groups in total. The monoisotopic (exact) mass is 441 g/mol. The van der Waals surface area contributed by atoms with E-state index in [1.54, 1.807) is 30.7 Å². The fraction of sp³-hybridized carbons (Fsp3) is 0.261. The summed E-state index contributed by atoms with van der Waals surface area (Å²) in [6.07, 6.45) is -1.04. The van der Waals surface area contributed by atoms with Gasteiger partial charge in [0.1, 0.15) is 11.3 Å². The van der Waals surface area contributed by atoms with Crippen molar-refractivity contribution in [3.05, 3.63) is 70.0 Å². The zero-order chi connectivity index (χ0) is 22.7. The van der Waals surface area contributed by atoms with Gasteiger partial charge in [-0.2, -0.15) is 5.10 Å².